The van der Waals surface area contributed by atoms with E-state index in [0.29, 0.717) is 5.69 Å². The summed E-state index contributed by atoms with van der Waals surface area (Å²) >= 11 is 0. The number of rotatable bonds is 4. The van der Waals surface area contributed by atoms with Crippen molar-refractivity contribution in [3.8, 4) is 0 Å². The molecule has 0 bridgehead atoms. The van der Waals surface area contributed by atoms with E-state index in [-0.39, 0.29) is 17.3 Å². The number of anilines is 1. The third-order valence-electron chi connectivity index (χ3n) is 3.13. The minimum atomic E-state index is -1.29. The van der Waals surface area contributed by atoms with E-state index in [1.807, 2.05) is 0 Å². The molecule has 2 rings (SSSR count). The van der Waals surface area contributed by atoms with Crippen LogP contribution in [0.15, 0.2) is 18.2 Å². The maximum atomic E-state index is 10.9. The van der Waals surface area contributed by atoms with Crippen molar-refractivity contribution >= 4 is 17.3 Å². The van der Waals surface area contributed by atoms with Gasteiger partial charge in [-0.05, 0) is 38.1 Å². The van der Waals surface area contributed by atoms with Crippen LogP contribution in [0.1, 0.15) is 23.2 Å². The third-order valence-corrected chi connectivity index (χ3v) is 3.13. The number of nitrogens with one attached hydrogen (secondary N) is 2. The SMILES string of the molecule is O=C(O)c1ccc(NC2CCNCC2)cc1[N+](=O)[O-]. The van der Waals surface area contributed by atoms with Crippen LogP contribution in [-0.4, -0.2) is 35.1 Å². The zero-order valence-corrected chi connectivity index (χ0v) is 10.3. The highest BCUT2D eigenvalue weighted by atomic mass is 16.6. The molecule has 0 amide bonds. The van der Waals surface area contributed by atoms with Crippen molar-refractivity contribution in [2.45, 2.75) is 18.9 Å². The molecule has 0 radical (unpaired) electrons. The van der Waals surface area contributed by atoms with E-state index in [9.17, 15) is 14.9 Å². The lowest BCUT2D eigenvalue weighted by Crippen LogP contribution is -2.35. The highest BCUT2D eigenvalue weighted by molar-refractivity contribution is 5.93. The molecule has 1 heterocycles. The first-order valence-corrected chi connectivity index (χ1v) is 6.07. The molecule has 1 fully saturated rings. The van der Waals surface area contributed by atoms with Gasteiger partial charge in [0.2, 0.25) is 0 Å². The van der Waals surface area contributed by atoms with Gasteiger partial charge in [-0.15, -0.1) is 0 Å². The number of nitro benzene ring substituents is 1. The van der Waals surface area contributed by atoms with Crippen molar-refractivity contribution in [3.63, 3.8) is 0 Å². The number of carbonyl (C=O) groups is 1. The molecule has 3 N–H and O–H groups in total. The Morgan fingerprint density at radius 1 is 1.42 bits per heavy atom. The molecule has 0 saturated carbocycles. The second-order valence-electron chi connectivity index (χ2n) is 4.46. The van der Waals surface area contributed by atoms with Gasteiger partial charge >= 0.3 is 5.97 Å². The van der Waals surface area contributed by atoms with Crippen LogP contribution < -0.4 is 10.6 Å². The molecule has 0 atom stereocenters. The number of piperidine rings is 1. The molecule has 1 saturated heterocycles. The largest absolute Gasteiger partial charge is 0.477 e. The third kappa shape index (κ3) is 3.19. The summed E-state index contributed by atoms with van der Waals surface area (Å²) in [6.45, 7) is 1.82. The molecule has 1 aromatic carbocycles. The molecule has 7 heteroatoms. The molecule has 1 aromatic rings. The lowest BCUT2D eigenvalue weighted by atomic mass is 10.1. The number of hydrogen-bond donors (Lipinski definition) is 3. The maximum Gasteiger partial charge on any atom is 0.342 e. The molecule has 0 spiro atoms. The number of carboxylic acid groups (broad SMARTS) is 1. The molecule has 0 aliphatic carbocycles. The molecule has 1 aliphatic rings. The standard InChI is InChI=1S/C12H15N3O4/c16-12(17)10-2-1-9(7-11(10)15(18)19)14-8-3-5-13-6-4-8/h1-2,7-8,13-14H,3-6H2,(H,16,17). The van der Waals surface area contributed by atoms with Gasteiger partial charge in [-0.3, -0.25) is 10.1 Å². The van der Waals surface area contributed by atoms with Crippen molar-refractivity contribution in [3.05, 3.63) is 33.9 Å². The Balaban J connectivity index is 2.20. The predicted molar refractivity (Wildman–Crippen MR) is 69.6 cm³/mol. The minimum absolute atomic E-state index is 0.261. The number of nitrogens with zero attached hydrogens (tertiary/aromatic N) is 1. The summed E-state index contributed by atoms with van der Waals surface area (Å²) in [6.07, 6.45) is 1.88. The van der Waals surface area contributed by atoms with Gasteiger partial charge in [0.25, 0.3) is 5.69 Å². The van der Waals surface area contributed by atoms with Gasteiger partial charge in [-0.25, -0.2) is 4.79 Å². The Morgan fingerprint density at radius 2 is 2.11 bits per heavy atom. The highest BCUT2D eigenvalue weighted by Gasteiger charge is 2.21. The quantitative estimate of drug-likeness (QED) is 0.562. The van der Waals surface area contributed by atoms with Crippen LogP contribution in [0.2, 0.25) is 0 Å². The van der Waals surface area contributed by atoms with Gasteiger partial charge in [0.05, 0.1) is 4.92 Å². The molecular weight excluding hydrogens is 250 g/mol. The van der Waals surface area contributed by atoms with Gasteiger partial charge in [0.15, 0.2) is 0 Å². The van der Waals surface area contributed by atoms with Crippen LogP contribution in [0.25, 0.3) is 0 Å². The number of nitro groups is 1. The van der Waals surface area contributed by atoms with Gasteiger partial charge < -0.3 is 15.7 Å². The van der Waals surface area contributed by atoms with E-state index in [1.165, 1.54) is 12.1 Å². The summed E-state index contributed by atoms with van der Waals surface area (Å²) in [5.41, 5.74) is -0.0871. The molecule has 19 heavy (non-hydrogen) atoms. The highest BCUT2D eigenvalue weighted by Crippen LogP contribution is 2.24. The van der Waals surface area contributed by atoms with Crippen molar-refractivity contribution < 1.29 is 14.8 Å². The molecular formula is C12H15N3O4. The zero-order chi connectivity index (χ0) is 13.8. The normalized spacial score (nSPS) is 16.0. The summed E-state index contributed by atoms with van der Waals surface area (Å²) in [6, 6.07) is 4.38. The van der Waals surface area contributed by atoms with Gasteiger partial charge in [0.1, 0.15) is 5.56 Å². The van der Waals surface area contributed by atoms with Crippen LogP contribution in [0.4, 0.5) is 11.4 Å². The van der Waals surface area contributed by atoms with E-state index in [2.05, 4.69) is 10.6 Å². The van der Waals surface area contributed by atoms with Crippen molar-refractivity contribution in [2.24, 2.45) is 0 Å². The lowest BCUT2D eigenvalue weighted by molar-refractivity contribution is -0.385. The van der Waals surface area contributed by atoms with E-state index in [0.717, 1.165) is 25.9 Å². The van der Waals surface area contributed by atoms with Crippen molar-refractivity contribution in [2.75, 3.05) is 18.4 Å². The van der Waals surface area contributed by atoms with E-state index >= 15 is 0 Å². The first kappa shape index (κ1) is 13.3. The van der Waals surface area contributed by atoms with Crippen molar-refractivity contribution in [1.29, 1.82) is 0 Å². The van der Waals surface area contributed by atoms with Crippen molar-refractivity contribution in [1.82, 2.24) is 5.32 Å². The molecule has 1 aliphatic heterocycles. The van der Waals surface area contributed by atoms with E-state index < -0.39 is 10.9 Å². The topological polar surface area (TPSA) is 104 Å². The summed E-state index contributed by atoms with van der Waals surface area (Å²) in [4.78, 5) is 21.1. The van der Waals surface area contributed by atoms with Crippen LogP contribution in [0.5, 0.6) is 0 Å². The van der Waals surface area contributed by atoms with E-state index in [1.54, 1.807) is 6.07 Å². The number of benzene rings is 1. The fourth-order valence-corrected chi connectivity index (χ4v) is 2.16. The first-order valence-electron chi connectivity index (χ1n) is 6.07. The Bertz CT molecular complexity index is 498. The van der Waals surface area contributed by atoms with Gasteiger partial charge in [0, 0.05) is 17.8 Å². The Morgan fingerprint density at radius 3 is 2.68 bits per heavy atom. The maximum absolute atomic E-state index is 10.9. The number of hydrogen-bond acceptors (Lipinski definition) is 5. The average molecular weight is 265 g/mol. The number of carboxylic acids is 1. The summed E-state index contributed by atoms with van der Waals surface area (Å²) < 4.78 is 0. The Labute approximate surface area is 109 Å². The van der Waals surface area contributed by atoms with E-state index in [4.69, 9.17) is 5.11 Å². The molecule has 0 aromatic heterocycles. The van der Waals surface area contributed by atoms with Gasteiger partial charge in [-0.2, -0.15) is 0 Å². The summed E-state index contributed by atoms with van der Waals surface area (Å²) in [5.74, 6) is -1.29. The molecule has 7 nitrogen and oxygen atoms in total. The van der Waals surface area contributed by atoms with Crippen LogP contribution in [-0.2, 0) is 0 Å². The van der Waals surface area contributed by atoms with Crippen LogP contribution in [0.3, 0.4) is 0 Å². The monoisotopic (exact) mass is 265 g/mol. The first-order chi connectivity index (χ1) is 9.08. The minimum Gasteiger partial charge on any atom is -0.477 e. The lowest BCUT2D eigenvalue weighted by Gasteiger charge is -2.24. The number of aromatic carboxylic acids is 1. The average Bonchev–Trinajstić information content (AvgIpc) is 2.39. The molecule has 0 unspecified atom stereocenters. The predicted octanol–water partition coefficient (Wildman–Crippen LogP) is 1.46. The zero-order valence-electron chi connectivity index (χ0n) is 10.3. The second-order valence-corrected chi connectivity index (χ2v) is 4.46. The van der Waals surface area contributed by atoms with Crippen LogP contribution >= 0.6 is 0 Å². The molecule has 102 valence electrons. The summed E-state index contributed by atoms with van der Waals surface area (Å²) in [5, 5.41) is 26.2. The smallest absolute Gasteiger partial charge is 0.342 e. The van der Waals surface area contributed by atoms with Crippen LogP contribution in [0, 0.1) is 10.1 Å². The second kappa shape index (κ2) is 5.66. The fourth-order valence-electron chi connectivity index (χ4n) is 2.16. The fraction of sp³-hybridized carbons (Fsp3) is 0.417. The Kier molecular flexibility index (Phi) is 3.96. The Hall–Kier alpha value is -2.15. The van der Waals surface area contributed by atoms with Gasteiger partial charge in [-0.1, -0.05) is 0 Å². The summed E-state index contributed by atoms with van der Waals surface area (Å²) in [7, 11) is 0.